The number of unbranched alkanes of at least 4 members (excludes halogenated alkanes) is 1. The lowest BCUT2D eigenvalue weighted by Gasteiger charge is -2.16. The summed E-state index contributed by atoms with van der Waals surface area (Å²) in [6.45, 7) is 2.15. The molecule has 3 rings (SSSR count). The minimum absolute atomic E-state index is 0.0410. The van der Waals surface area contributed by atoms with Crippen LogP contribution in [0.1, 0.15) is 54.7 Å². The van der Waals surface area contributed by atoms with E-state index in [0.717, 1.165) is 36.2 Å². The number of benzene rings is 1. The van der Waals surface area contributed by atoms with Gasteiger partial charge in [0.05, 0.1) is 11.9 Å². The highest BCUT2D eigenvalue weighted by Gasteiger charge is 2.20. The van der Waals surface area contributed by atoms with Crippen LogP contribution >= 0.6 is 11.6 Å². The molecule has 2 aromatic heterocycles. The predicted octanol–water partition coefficient (Wildman–Crippen LogP) is 5.49. The Labute approximate surface area is 175 Å². The second-order valence-corrected chi connectivity index (χ2v) is 7.35. The fourth-order valence-corrected chi connectivity index (χ4v) is 3.57. The van der Waals surface area contributed by atoms with Gasteiger partial charge in [-0.05, 0) is 41.8 Å². The van der Waals surface area contributed by atoms with E-state index in [9.17, 15) is 9.90 Å². The summed E-state index contributed by atoms with van der Waals surface area (Å²) in [5.41, 5.74) is 2.88. The van der Waals surface area contributed by atoms with Crippen molar-refractivity contribution in [2.45, 2.75) is 38.5 Å². The molecular weight excluding hydrogens is 386 g/mol. The van der Waals surface area contributed by atoms with Crippen molar-refractivity contribution >= 4 is 23.6 Å². The minimum atomic E-state index is -0.952. The lowest BCUT2D eigenvalue weighted by molar-refractivity contribution is -0.132. The van der Waals surface area contributed by atoms with Gasteiger partial charge in [0.15, 0.2) is 0 Å². The number of hydrogen-bond acceptors (Lipinski definition) is 3. The van der Waals surface area contributed by atoms with Gasteiger partial charge in [-0.1, -0.05) is 49.6 Å². The summed E-state index contributed by atoms with van der Waals surface area (Å²) < 4.78 is 0. The number of rotatable bonds is 9. The van der Waals surface area contributed by atoms with Gasteiger partial charge in [-0.15, -0.1) is 0 Å². The number of nitrogens with zero attached hydrogens (tertiary/aromatic N) is 2. The minimum Gasteiger partial charge on any atom is -0.478 e. The summed E-state index contributed by atoms with van der Waals surface area (Å²) in [4.78, 5) is 23.5. The van der Waals surface area contributed by atoms with E-state index in [1.807, 2.05) is 36.4 Å². The lowest BCUT2D eigenvalue weighted by atomic mass is 9.93. The number of carbonyl (C=O) groups is 1. The molecule has 2 heterocycles. The number of carboxylic acids is 1. The third kappa shape index (κ3) is 5.55. The second kappa shape index (κ2) is 10.0. The summed E-state index contributed by atoms with van der Waals surface area (Å²) >= 11 is 6.43. The average molecular weight is 410 g/mol. The Morgan fingerprint density at radius 3 is 2.69 bits per heavy atom. The fraction of sp³-hybridized carbons (Fsp3) is 0.261. The van der Waals surface area contributed by atoms with Crippen molar-refractivity contribution in [2.24, 2.45) is 0 Å². The van der Waals surface area contributed by atoms with Crippen molar-refractivity contribution in [1.29, 1.82) is 0 Å². The third-order valence-corrected chi connectivity index (χ3v) is 5.16. The number of carboxylic acid groups (broad SMARTS) is 1. The summed E-state index contributed by atoms with van der Waals surface area (Å²) in [7, 11) is 0. The summed E-state index contributed by atoms with van der Waals surface area (Å²) in [5.74, 6) is -0.114. The molecule has 0 saturated heterocycles. The van der Waals surface area contributed by atoms with Gasteiger partial charge < -0.3 is 10.1 Å². The van der Waals surface area contributed by atoms with E-state index in [1.54, 1.807) is 24.7 Å². The highest BCUT2D eigenvalue weighted by Crippen LogP contribution is 2.32. The van der Waals surface area contributed by atoms with E-state index < -0.39 is 5.97 Å². The summed E-state index contributed by atoms with van der Waals surface area (Å²) in [6, 6.07) is 11.4. The van der Waals surface area contributed by atoms with Crippen LogP contribution < -0.4 is 0 Å². The Kier molecular flexibility index (Phi) is 7.19. The normalized spacial score (nSPS) is 12.7. The molecule has 0 radical (unpaired) electrons. The van der Waals surface area contributed by atoms with Gasteiger partial charge in [-0.2, -0.15) is 0 Å². The Hall–Kier alpha value is -2.92. The second-order valence-electron chi connectivity index (χ2n) is 6.95. The van der Waals surface area contributed by atoms with Crippen LogP contribution in [0.15, 0.2) is 60.6 Å². The molecule has 1 atom stereocenters. The first-order valence-electron chi connectivity index (χ1n) is 9.70. The highest BCUT2D eigenvalue weighted by molar-refractivity contribution is 6.31. The zero-order valence-electron chi connectivity index (χ0n) is 16.3. The first kappa shape index (κ1) is 20.8. The monoisotopic (exact) mass is 409 g/mol. The number of halogens is 1. The molecule has 0 saturated carbocycles. The summed E-state index contributed by atoms with van der Waals surface area (Å²) in [5, 5.41) is 10.3. The molecule has 0 aliphatic heterocycles. The summed E-state index contributed by atoms with van der Waals surface area (Å²) in [6.07, 6.45) is 9.99. The maximum Gasteiger partial charge on any atom is 0.331 e. The van der Waals surface area contributed by atoms with Gasteiger partial charge in [0.2, 0.25) is 0 Å². The van der Waals surface area contributed by atoms with Crippen LogP contribution in [0.3, 0.4) is 0 Å². The van der Waals surface area contributed by atoms with E-state index >= 15 is 0 Å². The van der Waals surface area contributed by atoms with E-state index in [4.69, 9.17) is 11.6 Å². The van der Waals surface area contributed by atoms with Crippen molar-refractivity contribution in [3.63, 3.8) is 0 Å². The van der Waals surface area contributed by atoms with Crippen LogP contribution in [0.4, 0.5) is 0 Å². The Morgan fingerprint density at radius 1 is 1.24 bits per heavy atom. The molecule has 0 aliphatic rings. The predicted molar refractivity (Wildman–Crippen MR) is 115 cm³/mol. The van der Waals surface area contributed by atoms with Crippen molar-refractivity contribution < 1.29 is 9.90 Å². The first-order valence-corrected chi connectivity index (χ1v) is 10.1. The smallest absolute Gasteiger partial charge is 0.331 e. The van der Waals surface area contributed by atoms with Crippen LogP contribution in [0, 0.1) is 0 Å². The number of pyridine rings is 1. The molecule has 0 fully saturated rings. The zero-order valence-corrected chi connectivity index (χ0v) is 17.1. The van der Waals surface area contributed by atoms with E-state index in [0.29, 0.717) is 17.1 Å². The SMILES string of the molecule is CCCCC(c1ncc(C=C(Cc2ccncc2)C(=O)O)[nH]1)c1ccccc1Cl. The van der Waals surface area contributed by atoms with Crippen molar-refractivity contribution in [3.8, 4) is 0 Å². The quantitative estimate of drug-likeness (QED) is 0.458. The molecule has 2 N–H and O–H groups in total. The molecule has 1 unspecified atom stereocenters. The Morgan fingerprint density at radius 2 is 2.00 bits per heavy atom. The molecule has 0 bridgehead atoms. The van der Waals surface area contributed by atoms with Crippen LogP contribution in [-0.2, 0) is 11.2 Å². The topological polar surface area (TPSA) is 78.9 Å². The number of nitrogens with one attached hydrogen (secondary N) is 1. The highest BCUT2D eigenvalue weighted by atomic mass is 35.5. The molecule has 0 aliphatic carbocycles. The van der Waals surface area contributed by atoms with Gasteiger partial charge in [0.25, 0.3) is 0 Å². The average Bonchev–Trinajstić information content (AvgIpc) is 3.18. The van der Waals surface area contributed by atoms with E-state index in [-0.39, 0.29) is 11.5 Å². The van der Waals surface area contributed by atoms with Crippen LogP contribution in [-0.4, -0.2) is 26.0 Å². The lowest BCUT2D eigenvalue weighted by Crippen LogP contribution is -2.05. The Bertz CT molecular complexity index is 983. The Balaban J connectivity index is 1.89. The number of aliphatic carboxylic acids is 1. The molecule has 5 nitrogen and oxygen atoms in total. The van der Waals surface area contributed by atoms with Gasteiger partial charge >= 0.3 is 5.97 Å². The van der Waals surface area contributed by atoms with Crippen molar-refractivity contribution in [2.75, 3.05) is 0 Å². The van der Waals surface area contributed by atoms with Gasteiger partial charge in [0, 0.05) is 35.3 Å². The largest absolute Gasteiger partial charge is 0.478 e. The van der Waals surface area contributed by atoms with Crippen LogP contribution in [0.2, 0.25) is 5.02 Å². The molecule has 1 aromatic carbocycles. The molecule has 29 heavy (non-hydrogen) atoms. The van der Waals surface area contributed by atoms with Gasteiger partial charge in [-0.3, -0.25) is 4.98 Å². The number of imidazole rings is 1. The zero-order chi connectivity index (χ0) is 20.6. The maximum atomic E-state index is 11.7. The molecule has 6 heteroatoms. The van der Waals surface area contributed by atoms with Crippen molar-refractivity contribution in [3.05, 3.63) is 88.2 Å². The fourth-order valence-electron chi connectivity index (χ4n) is 3.30. The van der Waals surface area contributed by atoms with Crippen LogP contribution in [0.25, 0.3) is 6.08 Å². The molecular formula is C23H24ClN3O2. The van der Waals surface area contributed by atoms with Crippen LogP contribution in [0.5, 0.6) is 0 Å². The van der Waals surface area contributed by atoms with Crippen molar-refractivity contribution in [1.82, 2.24) is 15.0 Å². The van der Waals surface area contributed by atoms with E-state index in [2.05, 4.69) is 21.9 Å². The van der Waals surface area contributed by atoms with Gasteiger partial charge in [-0.25, -0.2) is 9.78 Å². The first-order chi connectivity index (χ1) is 14.1. The van der Waals surface area contributed by atoms with E-state index in [1.165, 1.54) is 0 Å². The maximum absolute atomic E-state index is 11.7. The van der Waals surface area contributed by atoms with Gasteiger partial charge in [0.1, 0.15) is 5.82 Å². The molecule has 3 aromatic rings. The molecule has 150 valence electrons. The number of aromatic amines is 1. The number of aromatic nitrogens is 3. The number of H-pyrrole nitrogens is 1. The standard InChI is InChI=1S/C23H24ClN3O2/c1-2-3-6-20(19-7-4-5-8-21(19)24)22-26-15-18(27-22)14-17(23(28)29)13-16-9-11-25-12-10-16/h4-5,7-12,14-15,20H,2-3,6,13H2,1H3,(H,26,27)(H,28,29). The molecule has 0 spiro atoms. The third-order valence-electron chi connectivity index (χ3n) is 4.82. The number of hydrogen-bond donors (Lipinski definition) is 2. The molecule has 0 amide bonds.